The predicted octanol–water partition coefficient (Wildman–Crippen LogP) is 1.35. The summed E-state index contributed by atoms with van der Waals surface area (Å²) in [6.45, 7) is 3.86. The maximum atomic E-state index is 8.85. The Kier molecular flexibility index (Phi) is 3.55. The molecule has 0 bridgehead atoms. The summed E-state index contributed by atoms with van der Waals surface area (Å²) in [5, 5.41) is 17.7. The molecule has 0 saturated heterocycles. The van der Waals surface area contributed by atoms with Crippen molar-refractivity contribution in [1.82, 2.24) is 9.97 Å². The van der Waals surface area contributed by atoms with E-state index >= 15 is 0 Å². The summed E-state index contributed by atoms with van der Waals surface area (Å²) in [5.41, 5.74) is 1.48. The number of aliphatic hydroxyl groups excluding tert-OH is 1. The molecule has 0 aliphatic carbocycles. The maximum Gasteiger partial charge on any atom is 0.162 e. The molecule has 1 rings (SSSR count). The molecule has 4 nitrogen and oxygen atoms in total. The smallest absolute Gasteiger partial charge is 0.162 e. The molecular weight excluding hydrogens is 178 g/mol. The van der Waals surface area contributed by atoms with Gasteiger partial charge in [-0.1, -0.05) is 13.8 Å². The third kappa shape index (κ3) is 2.06. The molecule has 1 aromatic heterocycles. The van der Waals surface area contributed by atoms with Crippen LogP contribution in [-0.4, -0.2) is 15.1 Å². The molecule has 0 aromatic carbocycles. The summed E-state index contributed by atoms with van der Waals surface area (Å²) in [6, 6.07) is 2.00. The lowest BCUT2D eigenvalue weighted by molar-refractivity contribution is 0.276. The third-order valence-corrected chi connectivity index (χ3v) is 2.20. The van der Waals surface area contributed by atoms with Gasteiger partial charge in [-0.05, 0) is 6.42 Å². The molecule has 0 spiro atoms. The van der Waals surface area contributed by atoms with Crippen LogP contribution in [0, 0.1) is 11.3 Å². The van der Waals surface area contributed by atoms with Gasteiger partial charge in [0, 0.05) is 5.92 Å². The summed E-state index contributed by atoms with van der Waals surface area (Å²) in [5.74, 6) is 0.227. The van der Waals surface area contributed by atoms with Gasteiger partial charge in [-0.25, -0.2) is 4.98 Å². The lowest BCUT2D eigenvalue weighted by Crippen LogP contribution is -2.04. The van der Waals surface area contributed by atoms with Gasteiger partial charge in [0.05, 0.1) is 24.2 Å². The zero-order valence-corrected chi connectivity index (χ0v) is 8.36. The van der Waals surface area contributed by atoms with Gasteiger partial charge in [0.15, 0.2) is 5.69 Å². The first kappa shape index (κ1) is 10.6. The van der Waals surface area contributed by atoms with Crippen molar-refractivity contribution in [3.8, 4) is 6.07 Å². The Balaban J connectivity index is 3.13. The molecule has 0 fully saturated rings. The molecule has 0 aliphatic heterocycles. The van der Waals surface area contributed by atoms with Gasteiger partial charge >= 0.3 is 0 Å². The van der Waals surface area contributed by atoms with Crippen LogP contribution in [0.4, 0.5) is 0 Å². The Bertz CT molecular complexity index is 357. The van der Waals surface area contributed by atoms with Crippen molar-refractivity contribution in [2.24, 2.45) is 0 Å². The van der Waals surface area contributed by atoms with E-state index in [1.807, 2.05) is 19.9 Å². The SMILES string of the molecule is CCC(C)c1ncc(CO)nc1C#N. The molecule has 1 unspecified atom stereocenters. The number of hydrogen-bond acceptors (Lipinski definition) is 4. The molecule has 0 radical (unpaired) electrons. The number of aliphatic hydroxyl groups is 1. The lowest BCUT2D eigenvalue weighted by atomic mass is 10.0. The van der Waals surface area contributed by atoms with E-state index < -0.39 is 0 Å². The lowest BCUT2D eigenvalue weighted by Gasteiger charge is -2.09. The first-order chi connectivity index (χ1) is 6.72. The molecule has 1 aromatic rings. The molecule has 0 saturated carbocycles. The van der Waals surface area contributed by atoms with Crippen LogP contribution in [0.15, 0.2) is 6.20 Å². The molecule has 1 N–H and O–H groups in total. The molecule has 1 atom stereocenters. The van der Waals surface area contributed by atoms with Crippen molar-refractivity contribution in [2.75, 3.05) is 0 Å². The van der Waals surface area contributed by atoms with Gasteiger partial charge in [0.25, 0.3) is 0 Å². The average Bonchev–Trinajstić information content (AvgIpc) is 2.27. The largest absolute Gasteiger partial charge is 0.390 e. The van der Waals surface area contributed by atoms with E-state index in [4.69, 9.17) is 10.4 Å². The molecular formula is C10H13N3O. The Morgan fingerprint density at radius 2 is 2.36 bits per heavy atom. The van der Waals surface area contributed by atoms with Crippen LogP contribution < -0.4 is 0 Å². The predicted molar refractivity (Wildman–Crippen MR) is 51.4 cm³/mol. The van der Waals surface area contributed by atoms with E-state index in [0.29, 0.717) is 17.1 Å². The molecule has 1 heterocycles. The fourth-order valence-corrected chi connectivity index (χ4v) is 1.15. The van der Waals surface area contributed by atoms with Crippen LogP contribution in [-0.2, 0) is 6.61 Å². The van der Waals surface area contributed by atoms with Crippen molar-refractivity contribution in [2.45, 2.75) is 32.8 Å². The van der Waals surface area contributed by atoms with E-state index in [0.717, 1.165) is 6.42 Å². The Hall–Kier alpha value is -1.47. The molecule has 0 amide bonds. The van der Waals surface area contributed by atoms with Crippen molar-refractivity contribution in [3.63, 3.8) is 0 Å². The monoisotopic (exact) mass is 191 g/mol. The summed E-state index contributed by atoms with van der Waals surface area (Å²) in [4.78, 5) is 8.15. The van der Waals surface area contributed by atoms with Crippen LogP contribution in [0.25, 0.3) is 0 Å². The van der Waals surface area contributed by atoms with Crippen LogP contribution in [0.5, 0.6) is 0 Å². The summed E-state index contributed by atoms with van der Waals surface area (Å²) >= 11 is 0. The van der Waals surface area contributed by atoms with Crippen LogP contribution in [0.3, 0.4) is 0 Å². The second-order valence-corrected chi connectivity index (χ2v) is 3.17. The van der Waals surface area contributed by atoms with Gasteiger partial charge in [-0.15, -0.1) is 0 Å². The normalized spacial score (nSPS) is 12.1. The number of nitrogens with zero attached hydrogens (tertiary/aromatic N) is 3. The number of nitriles is 1. The van der Waals surface area contributed by atoms with E-state index in [-0.39, 0.29) is 12.5 Å². The van der Waals surface area contributed by atoms with E-state index in [9.17, 15) is 0 Å². The summed E-state index contributed by atoms with van der Waals surface area (Å²) < 4.78 is 0. The van der Waals surface area contributed by atoms with Crippen molar-refractivity contribution >= 4 is 0 Å². The Labute approximate surface area is 83.2 Å². The molecule has 14 heavy (non-hydrogen) atoms. The number of rotatable bonds is 3. The van der Waals surface area contributed by atoms with Crippen LogP contribution in [0.1, 0.15) is 43.3 Å². The first-order valence-corrected chi connectivity index (χ1v) is 4.59. The highest BCUT2D eigenvalue weighted by atomic mass is 16.3. The van der Waals surface area contributed by atoms with Crippen LogP contribution in [0.2, 0.25) is 0 Å². The zero-order valence-electron chi connectivity index (χ0n) is 8.36. The van der Waals surface area contributed by atoms with Gasteiger partial charge in [-0.3, -0.25) is 4.98 Å². The van der Waals surface area contributed by atoms with Crippen molar-refractivity contribution in [3.05, 3.63) is 23.3 Å². The quantitative estimate of drug-likeness (QED) is 0.783. The molecule has 74 valence electrons. The van der Waals surface area contributed by atoms with Gasteiger partial charge < -0.3 is 5.11 Å². The first-order valence-electron chi connectivity index (χ1n) is 4.59. The summed E-state index contributed by atoms with van der Waals surface area (Å²) in [6.07, 6.45) is 2.43. The van der Waals surface area contributed by atoms with Gasteiger partial charge in [-0.2, -0.15) is 5.26 Å². The minimum Gasteiger partial charge on any atom is -0.390 e. The van der Waals surface area contributed by atoms with Gasteiger partial charge in [0.1, 0.15) is 6.07 Å². The standard InChI is InChI=1S/C10H13N3O/c1-3-7(2)10-9(4-11)13-8(6-14)5-12-10/h5,7,14H,3,6H2,1-2H3. The highest BCUT2D eigenvalue weighted by molar-refractivity contribution is 5.28. The third-order valence-electron chi connectivity index (χ3n) is 2.20. The Morgan fingerprint density at radius 3 is 2.86 bits per heavy atom. The second kappa shape index (κ2) is 4.68. The molecule has 0 aliphatic rings. The minimum atomic E-state index is -0.178. The highest BCUT2D eigenvalue weighted by Gasteiger charge is 2.12. The minimum absolute atomic E-state index is 0.178. The fourth-order valence-electron chi connectivity index (χ4n) is 1.15. The van der Waals surface area contributed by atoms with E-state index in [1.165, 1.54) is 6.20 Å². The van der Waals surface area contributed by atoms with E-state index in [2.05, 4.69) is 9.97 Å². The maximum absolute atomic E-state index is 8.85. The summed E-state index contributed by atoms with van der Waals surface area (Å²) in [7, 11) is 0. The van der Waals surface area contributed by atoms with Gasteiger partial charge in [0.2, 0.25) is 0 Å². The zero-order chi connectivity index (χ0) is 10.6. The van der Waals surface area contributed by atoms with Crippen molar-refractivity contribution < 1.29 is 5.11 Å². The number of aromatic nitrogens is 2. The van der Waals surface area contributed by atoms with E-state index in [1.54, 1.807) is 0 Å². The Morgan fingerprint density at radius 1 is 1.64 bits per heavy atom. The van der Waals surface area contributed by atoms with Crippen LogP contribution >= 0.6 is 0 Å². The average molecular weight is 191 g/mol. The molecule has 4 heteroatoms. The number of hydrogen-bond donors (Lipinski definition) is 1. The second-order valence-electron chi connectivity index (χ2n) is 3.17. The van der Waals surface area contributed by atoms with Crippen molar-refractivity contribution in [1.29, 1.82) is 5.26 Å². The fraction of sp³-hybridized carbons (Fsp3) is 0.500. The highest BCUT2D eigenvalue weighted by Crippen LogP contribution is 2.18. The topological polar surface area (TPSA) is 69.8 Å².